The number of amides is 2. The number of piperazine rings is 1. The zero-order valence-electron chi connectivity index (χ0n) is 45.0. The summed E-state index contributed by atoms with van der Waals surface area (Å²) < 4.78 is 161. The van der Waals surface area contributed by atoms with E-state index in [0.717, 1.165) is 65.4 Å². The van der Waals surface area contributed by atoms with Gasteiger partial charge in [0.1, 0.15) is 23.5 Å². The van der Waals surface area contributed by atoms with E-state index in [0.29, 0.717) is 90.5 Å². The van der Waals surface area contributed by atoms with Gasteiger partial charge in [-0.05, 0) is 81.0 Å². The topological polar surface area (TPSA) is 181 Å². The molecule has 6 atom stereocenters. The molecule has 4 aromatic rings. The van der Waals surface area contributed by atoms with E-state index >= 15 is 8.78 Å². The molecule has 440 valence electrons. The van der Waals surface area contributed by atoms with Gasteiger partial charge in [-0.25, -0.2) is 28.6 Å². The Hall–Kier alpha value is -6.82. The number of benzene rings is 2. The Morgan fingerprint density at radius 3 is 1.95 bits per heavy atom. The zero-order chi connectivity index (χ0) is 59.4. The standard InChI is InChI=1S/C55H62F10N8O8/c1-52(2,54(60,61)62)40(21-47(76)79-5)49(77)69-72(25-39-41(56)18-34(19-42(39)57)43-26-71(30-67-43)50(58)59)27-45(75)35(20-44(74)48(68-51(78)80-6)53(3,4)55(63,64)65)17-32-10-7-31(8-11-32)9-12-33-13-16-46(66-22-33)70-23-36-14-15-37(24-70)73(36)38-28-81-29-38/h7-8,10-11,13,16,18-19,22,26,30,35-38,40,45,48,50,75H,14-15,17,20-21,23-25,27-29H2,1-6H3,(H,68,78)(H,69,77)/t35-,36?,37?,40-,45+,48-/m1/s1. The Kier molecular flexibility index (Phi) is 19.2. The number of imidazole rings is 1. The lowest BCUT2D eigenvalue weighted by Crippen LogP contribution is -2.62. The normalized spacial score (nSPS) is 18.6. The Balaban J connectivity index is 1.18. The monoisotopic (exact) mass is 1150 g/mol. The number of hydrazine groups is 1. The van der Waals surface area contributed by atoms with Gasteiger partial charge in [0, 0.05) is 79.3 Å². The first-order chi connectivity index (χ1) is 38.0. The van der Waals surface area contributed by atoms with Crippen molar-refractivity contribution in [2.45, 2.75) is 116 Å². The third kappa shape index (κ3) is 14.5. The van der Waals surface area contributed by atoms with Crippen LogP contribution in [0.5, 0.6) is 0 Å². The molecule has 3 aliphatic rings. The zero-order valence-corrected chi connectivity index (χ0v) is 45.0. The van der Waals surface area contributed by atoms with Crippen LogP contribution in [0.15, 0.2) is 67.3 Å². The lowest BCUT2D eigenvalue weighted by atomic mass is 9.75. The van der Waals surface area contributed by atoms with Gasteiger partial charge in [-0.3, -0.25) is 29.3 Å². The molecule has 0 saturated carbocycles. The number of carbonyl (C=O) groups is 4. The largest absolute Gasteiger partial charge is 0.469 e. The minimum Gasteiger partial charge on any atom is -0.469 e. The summed E-state index contributed by atoms with van der Waals surface area (Å²) in [6, 6.07) is 10.3. The van der Waals surface area contributed by atoms with E-state index in [1.54, 1.807) is 18.3 Å². The van der Waals surface area contributed by atoms with Gasteiger partial charge in [0.15, 0.2) is 5.78 Å². The molecular weight excluding hydrogens is 1090 g/mol. The number of ether oxygens (including phenoxy) is 3. The fourth-order valence-electron chi connectivity index (χ4n) is 10.2. The lowest BCUT2D eigenvalue weighted by Gasteiger charge is -2.47. The number of hydrogen-bond acceptors (Lipinski definition) is 13. The van der Waals surface area contributed by atoms with Crippen LogP contribution in [0, 0.1) is 46.1 Å². The molecule has 2 aromatic heterocycles. The molecule has 0 spiro atoms. The highest BCUT2D eigenvalue weighted by atomic mass is 19.4. The van der Waals surface area contributed by atoms with E-state index in [4.69, 9.17) is 4.74 Å². The number of esters is 1. The van der Waals surface area contributed by atoms with Crippen LogP contribution in [0.4, 0.5) is 54.5 Å². The molecule has 0 aliphatic carbocycles. The SMILES string of the molecule is COC(=O)C[C@H](C(=O)NN(Cc1c(F)cc(-c2cn(C(F)F)cn2)cc1F)C[C@H](O)[C@@H](CC(=O)[C@@H](NC(=O)OC)C(C)(C)C(F)(F)F)Cc1ccc(C#Cc2ccc(N3CC4CCC(C3)N4C3COC3)nc2)cc1)C(C)(C)C(F)(F)F. The highest BCUT2D eigenvalue weighted by Crippen LogP contribution is 2.46. The number of halogens is 10. The number of Topliss-reactive ketones (excluding diaryl/α,β-unsaturated/α-hetero) is 1. The Morgan fingerprint density at radius 1 is 0.827 bits per heavy atom. The maximum atomic E-state index is 16.1. The van der Waals surface area contributed by atoms with Crippen molar-refractivity contribution in [2.75, 3.05) is 52.0 Å². The van der Waals surface area contributed by atoms with Crippen LogP contribution in [0.25, 0.3) is 11.3 Å². The predicted octanol–water partition coefficient (Wildman–Crippen LogP) is 8.16. The Morgan fingerprint density at radius 2 is 1.43 bits per heavy atom. The summed E-state index contributed by atoms with van der Waals surface area (Å²) in [6.07, 6.45) is -10.8. The van der Waals surface area contributed by atoms with Gasteiger partial charge in [0.25, 0.3) is 0 Å². The molecule has 2 amide bonds. The number of rotatable bonds is 21. The molecule has 3 N–H and O–H groups in total. The van der Waals surface area contributed by atoms with Gasteiger partial charge >= 0.3 is 31.0 Å². The maximum absolute atomic E-state index is 16.1. The molecule has 0 radical (unpaired) electrons. The first-order valence-electron chi connectivity index (χ1n) is 25.8. The first kappa shape index (κ1) is 61.8. The number of methoxy groups -OCH3 is 2. The van der Waals surface area contributed by atoms with E-state index in [9.17, 15) is 59.4 Å². The molecule has 2 aromatic carbocycles. The molecule has 7 rings (SSSR count). The molecule has 16 nitrogen and oxygen atoms in total. The summed E-state index contributed by atoms with van der Waals surface area (Å²) in [5.41, 5.74) is -3.94. The molecule has 5 heterocycles. The van der Waals surface area contributed by atoms with Crippen LogP contribution < -0.4 is 15.6 Å². The average Bonchev–Trinajstić information content (AvgIpc) is 4.20. The van der Waals surface area contributed by atoms with Gasteiger partial charge in [0.05, 0.1) is 74.8 Å². The van der Waals surface area contributed by atoms with Crippen LogP contribution in [0.2, 0.25) is 0 Å². The van der Waals surface area contributed by atoms with Crippen LogP contribution in [-0.2, 0) is 41.6 Å². The number of carbonyl (C=O) groups excluding carboxylic acids is 4. The lowest BCUT2D eigenvalue weighted by molar-refractivity contribution is -0.231. The number of alkyl halides is 8. The second-order valence-electron chi connectivity index (χ2n) is 21.6. The summed E-state index contributed by atoms with van der Waals surface area (Å²) in [7, 11) is 1.70. The Labute approximate surface area is 460 Å². The maximum Gasteiger partial charge on any atom is 0.407 e. The van der Waals surface area contributed by atoms with Crippen molar-refractivity contribution in [3.63, 3.8) is 0 Å². The molecule has 26 heteroatoms. The molecule has 2 unspecified atom stereocenters. The molecular formula is C55H62F10N8O8. The van der Waals surface area contributed by atoms with Crippen molar-refractivity contribution >= 4 is 29.6 Å². The van der Waals surface area contributed by atoms with Gasteiger partial charge in [0.2, 0.25) is 5.91 Å². The van der Waals surface area contributed by atoms with Crippen LogP contribution in [-0.4, -0.2) is 143 Å². The summed E-state index contributed by atoms with van der Waals surface area (Å²) in [5, 5.41) is 14.7. The summed E-state index contributed by atoms with van der Waals surface area (Å²) in [5.74, 6) is -3.78. The molecule has 3 aliphatic heterocycles. The van der Waals surface area contributed by atoms with E-state index < -0.39 is 121 Å². The smallest absolute Gasteiger partial charge is 0.407 e. The predicted molar refractivity (Wildman–Crippen MR) is 271 cm³/mol. The van der Waals surface area contributed by atoms with E-state index in [1.165, 1.54) is 12.1 Å². The molecule has 3 fully saturated rings. The van der Waals surface area contributed by atoms with E-state index in [2.05, 4.69) is 46.5 Å². The molecule has 81 heavy (non-hydrogen) atoms. The highest BCUT2D eigenvalue weighted by Gasteiger charge is 2.57. The molecule has 2 bridgehead atoms. The third-order valence-corrected chi connectivity index (χ3v) is 15.5. The van der Waals surface area contributed by atoms with Crippen molar-refractivity contribution in [3.8, 4) is 23.1 Å². The molecule has 3 saturated heterocycles. The number of hydrogen-bond donors (Lipinski definition) is 3. The van der Waals surface area contributed by atoms with Crippen LogP contribution >= 0.6 is 0 Å². The third-order valence-electron chi connectivity index (χ3n) is 15.5. The number of alkyl carbamates (subject to hydrolysis) is 1. The number of pyridine rings is 1. The summed E-state index contributed by atoms with van der Waals surface area (Å²) >= 11 is 0. The van der Waals surface area contributed by atoms with Gasteiger partial charge < -0.3 is 29.5 Å². The minimum atomic E-state index is -5.16. The van der Waals surface area contributed by atoms with E-state index in [-0.39, 0.29) is 17.7 Å². The number of aliphatic hydroxyl groups is 1. The van der Waals surface area contributed by atoms with Gasteiger partial charge in [-0.15, -0.1) is 0 Å². The number of aromatic nitrogens is 3. The average molecular weight is 1150 g/mol. The summed E-state index contributed by atoms with van der Waals surface area (Å²) in [4.78, 5) is 66.5. The van der Waals surface area contributed by atoms with Crippen molar-refractivity contribution in [1.82, 2.24) is 35.2 Å². The fraction of sp³-hybridized carbons (Fsp3) is 0.527. The van der Waals surface area contributed by atoms with Crippen molar-refractivity contribution < 1.29 is 82.4 Å². The second kappa shape index (κ2) is 25.1. The quantitative estimate of drug-likeness (QED) is 0.0315. The number of anilines is 1. The van der Waals surface area contributed by atoms with E-state index in [1.807, 2.05) is 17.4 Å². The van der Waals surface area contributed by atoms with Crippen LogP contribution in [0.3, 0.4) is 0 Å². The Bertz CT molecular complexity index is 2910. The summed E-state index contributed by atoms with van der Waals surface area (Å²) in [6.45, 7) is 0.504. The number of nitrogens with zero attached hydrogens (tertiary/aromatic N) is 6. The van der Waals surface area contributed by atoms with Gasteiger partial charge in [-0.2, -0.15) is 35.1 Å². The van der Waals surface area contributed by atoms with Crippen molar-refractivity contribution in [3.05, 3.63) is 101 Å². The minimum absolute atomic E-state index is 0.296. The number of nitrogens with one attached hydrogen (secondary N) is 2. The highest BCUT2D eigenvalue weighted by molar-refractivity contribution is 5.88. The second-order valence-corrected chi connectivity index (χ2v) is 21.6. The van der Waals surface area contributed by atoms with Crippen molar-refractivity contribution in [1.29, 1.82) is 0 Å². The first-order valence-corrected chi connectivity index (χ1v) is 25.8. The number of aliphatic hydroxyl groups excluding tert-OH is 1. The number of ketones is 1. The number of fused-ring (bicyclic) bond motifs is 2. The van der Waals surface area contributed by atoms with Crippen LogP contribution in [0.1, 0.15) is 82.2 Å². The van der Waals surface area contributed by atoms with Crippen molar-refractivity contribution in [2.24, 2.45) is 22.7 Å². The van der Waals surface area contributed by atoms with Gasteiger partial charge in [-0.1, -0.05) is 37.8 Å². The fourth-order valence-corrected chi connectivity index (χ4v) is 10.2.